The van der Waals surface area contributed by atoms with Crippen molar-refractivity contribution < 1.29 is 0 Å². The van der Waals surface area contributed by atoms with E-state index in [9.17, 15) is 0 Å². The molecule has 2 aliphatic heterocycles. The van der Waals surface area contributed by atoms with Crippen molar-refractivity contribution in [1.29, 1.82) is 0 Å². The molecule has 0 N–H and O–H groups in total. The Balaban J connectivity index is 0.927. The fourth-order valence-corrected chi connectivity index (χ4v) is 19.7. The van der Waals surface area contributed by atoms with Crippen LogP contribution in [0.1, 0.15) is 101 Å². The molecule has 570 valence electrons. The molecule has 0 spiro atoms. The monoisotopic (exact) mass is 1530 g/mol. The van der Waals surface area contributed by atoms with Gasteiger partial charge in [-0.1, -0.05) is 384 Å². The van der Waals surface area contributed by atoms with E-state index < -0.39 is 5.41 Å². The van der Waals surface area contributed by atoms with E-state index in [0.717, 1.165) is 118 Å². The van der Waals surface area contributed by atoms with E-state index in [-0.39, 0.29) is 23.0 Å². The Morgan fingerprint density at radius 1 is 0.235 bits per heavy atom. The zero-order valence-electron chi connectivity index (χ0n) is 68.9. The summed E-state index contributed by atoms with van der Waals surface area (Å²) in [5.74, 6) is 0. The van der Waals surface area contributed by atoms with E-state index in [4.69, 9.17) is 0 Å². The third kappa shape index (κ3) is 12.1. The van der Waals surface area contributed by atoms with Crippen molar-refractivity contribution in [2.24, 2.45) is 0 Å². The van der Waals surface area contributed by atoms with E-state index in [1.165, 1.54) is 88.4 Å². The van der Waals surface area contributed by atoms with Gasteiger partial charge in [0.1, 0.15) is 0 Å². The molecule has 0 saturated carbocycles. The minimum absolute atomic E-state index is 0.121. The molecule has 0 fully saturated rings. The average Bonchev–Trinajstić information content (AvgIpc) is 1.47. The minimum Gasteiger partial charge on any atom is -0.310 e. The molecule has 1 aromatic heterocycles. The van der Waals surface area contributed by atoms with E-state index in [2.05, 4.69) is 471 Å². The van der Waals surface area contributed by atoms with Gasteiger partial charge in [-0.3, -0.25) is 0 Å². The summed E-state index contributed by atoms with van der Waals surface area (Å²) in [6, 6.07) is 150. The zero-order valence-corrected chi connectivity index (χ0v) is 68.9. The lowest BCUT2D eigenvalue weighted by molar-refractivity contribution is 0.569. The predicted octanol–water partition coefficient (Wildman–Crippen LogP) is 28.8. The van der Waals surface area contributed by atoms with Gasteiger partial charge < -0.3 is 14.4 Å². The molecule has 3 heterocycles. The first-order chi connectivity index (χ1) is 57.9. The van der Waals surface area contributed by atoms with Gasteiger partial charge in [-0.25, -0.2) is 0 Å². The van der Waals surface area contributed by atoms with Gasteiger partial charge in [-0.2, -0.15) is 0 Å². The van der Waals surface area contributed by atoms with Crippen molar-refractivity contribution in [3.05, 3.63) is 433 Å². The molecule has 0 radical (unpaired) electrons. The summed E-state index contributed by atoms with van der Waals surface area (Å²) < 4.78 is 2.60. The number of hydrogen-bond donors (Lipinski definition) is 0. The molecule has 21 rings (SSSR count). The number of rotatable bonds is 12. The second-order valence-electron chi connectivity index (χ2n) is 35.9. The lowest BCUT2D eigenvalue weighted by Crippen LogP contribution is -2.61. The second kappa shape index (κ2) is 28.3. The Labute approximate surface area is 700 Å². The van der Waals surface area contributed by atoms with Gasteiger partial charge in [-0.05, 0) is 211 Å². The van der Waals surface area contributed by atoms with Crippen LogP contribution in [0.15, 0.2) is 394 Å². The average molecular weight is 1530 g/mol. The van der Waals surface area contributed by atoms with Crippen molar-refractivity contribution in [3.63, 3.8) is 0 Å². The van der Waals surface area contributed by atoms with Crippen LogP contribution in [-0.4, -0.2) is 11.3 Å². The fraction of sp³-hybridized carbons (Fsp3) is 0.113. The number of anilines is 6. The maximum Gasteiger partial charge on any atom is 0.252 e. The molecular formula is C115H92BN3. The summed E-state index contributed by atoms with van der Waals surface area (Å²) in [4.78, 5) is 5.49. The number of hydrogen-bond acceptors (Lipinski definition) is 2. The third-order valence-electron chi connectivity index (χ3n) is 25.6. The van der Waals surface area contributed by atoms with Gasteiger partial charge >= 0.3 is 0 Å². The van der Waals surface area contributed by atoms with Crippen LogP contribution in [0.5, 0.6) is 0 Å². The standard InChI is InChI=1S/C115H92BN3/c1-112(2,3)87-62-82(63-88(69-87)113(4,5)6)81-58-60-101-105(68-81)118(110-93(77-42-22-12-23-43-77)64-83(75-38-18-10-19-39-75)65-94(110)78-44-24-13-25-45-78)107-70-89(114(7,8)9)71-108-109(107)116(101)102-61-59-90(72-106(102)119(108)111-95(79-46-26-14-27-47-79)66-84(76-40-20-11-21-41-76)67-96(111)80-48-28-15-29-49-80)117-103-57-37-35-55-92(103)98-73-97-91-54-34-36-56-99(91)115(100(97)74-104(98)117,85-50-30-16-31-51-85)86-52-32-17-33-53-86/h10-74H,1-9H3. The van der Waals surface area contributed by atoms with Crippen molar-refractivity contribution in [3.8, 4) is 94.7 Å². The van der Waals surface area contributed by atoms with Gasteiger partial charge in [0.25, 0.3) is 6.71 Å². The minimum atomic E-state index is -0.629. The first-order valence-corrected chi connectivity index (χ1v) is 42.1. The quantitative estimate of drug-likeness (QED) is 0.113. The van der Waals surface area contributed by atoms with E-state index in [0.29, 0.717) is 0 Å². The van der Waals surface area contributed by atoms with E-state index in [1.807, 2.05) is 0 Å². The van der Waals surface area contributed by atoms with E-state index in [1.54, 1.807) is 0 Å². The summed E-state index contributed by atoms with van der Waals surface area (Å²) in [6.45, 7) is 21.1. The molecule has 0 bridgehead atoms. The third-order valence-corrected chi connectivity index (χ3v) is 25.6. The smallest absolute Gasteiger partial charge is 0.252 e. The van der Waals surface area contributed by atoms with Crippen molar-refractivity contribution >= 4 is 79.0 Å². The molecule has 3 aliphatic rings. The molecule has 4 heteroatoms. The number of nitrogens with zero attached hydrogens (tertiary/aromatic N) is 3. The number of fused-ring (bicyclic) bond motifs is 10. The lowest BCUT2D eigenvalue weighted by Gasteiger charge is -2.46. The number of aromatic nitrogens is 1. The topological polar surface area (TPSA) is 11.4 Å². The Hall–Kier alpha value is -13.8. The van der Waals surface area contributed by atoms with E-state index >= 15 is 0 Å². The van der Waals surface area contributed by atoms with Crippen molar-refractivity contribution in [1.82, 2.24) is 4.57 Å². The molecule has 0 unspecified atom stereocenters. The Morgan fingerprint density at radius 3 is 1.07 bits per heavy atom. The lowest BCUT2D eigenvalue weighted by atomic mass is 9.33. The largest absolute Gasteiger partial charge is 0.310 e. The van der Waals surface area contributed by atoms with Gasteiger partial charge in [0.05, 0.1) is 27.8 Å². The molecule has 18 aromatic rings. The summed E-state index contributed by atoms with van der Waals surface area (Å²) in [7, 11) is 0. The molecule has 0 saturated heterocycles. The van der Waals surface area contributed by atoms with Crippen LogP contribution in [0.2, 0.25) is 0 Å². The van der Waals surface area contributed by atoms with Crippen LogP contribution < -0.4 is 26.2 Å². The number of para-hydroxylation sites is 1. The molecule has 0 atom stereocenters. The maximum absolute atomic E-state index is 2.75. The molecule has 1 aliphatic carbocycles. The van der Waals surface area contributed by atoms with Crippen LogP contribution in [0.4, 0.5) is 34.1 Å². The maximum atomic E-state index is 2.75. The Kier molecular flexibility index (Phi) is 17.3. The summed E-state index contributed by atoms with van der Waals surface area (Å²) in [6.07, 6.45) is 0. The van der Waals surface area contributed by atoms with Gasteiger partial charge in [0.15, 0.2) is 0 Å². The van der Waals surface area contributed by atoms with Crippen LogP contribution in [0.25, 0.3) is 117 Å². The molecule has 119 heavy (non-hydrogen) atoms. The van der Waals surface area contributed by atoms with Crippen LogP contribution in [-0.2, 0) is 21.7 Å². The summed E-state index contributed by atoms with van der Waals surface area (Å²) >= 11 is 0. The first-order valence-electron chi connectivity index (χ1n) is 42.1. The highest BCUT2D eigenvalue weighted by Crippen LogP contribution is 2.60. The fourth-order valence-electron chi connectivity index (χ4n) is 19.7. The summed E-state index contributed by atoms with van der Waals surface area (Å²) in [5, 5.41) is 2.41. The molecular weight excluding hydrogens is 1430 g/mol. The van der Waals surface area contributed by atoms with Gasteiger partial charge in [-0.15, -0.1) is 0 Å². The van der Waals surface area contributed by atoms with Crippen LogP contribution >= 0.6 is 0 Å². The normalized spacial score (nSPS) is 13.3. The SMILES string of the molecule is CC(C)(C)c1cc(-c2ccc3c(c2)N(c2c(-c4ccccc4)cc(-c4ccccc4)cc2-c2ccccc2)c2cc(C(C)(C)C)cc4c2B3c2ccc(-n3c5ccccc5c5cc6c(cc53)C(c3ccccc3)(c3ccccc3)c3ccccc3-6)cc2N4c2c(-c3ccccc3)cc(-c3ccccc3)cc2-c2ccccc2)cc(C(C)(C)C)c1. The van der Waals surface area contributed by atoms with Crippen LogP contribution in [0, 0.1) is 0 Å². The van der Waals surface area contributed by atoms with Crippen molar-refractivity contribution in [2.75, 3.05) is 9.80 Å². The van der Waals surface area contributed by atoms with Crippen LogP contribution in [0.3, 0.4) is 0 Å². The molecule has 0 amide bonds. The molecule has 3 nitrogen and oxygen atoms in total. The predicted molar refractivity (Wildman–Crippen MR) is 506 cm³/mol. The van der Waals surface area contributed by atoms with Gasteiger partial charge in [0.2, 0.25) is 0 Å². The zero-order chi connectivity index (χ0) is 80.6. The second-order valence-corrected chi connectivity index (χ2v) is 35.9. The number of benzene rings is 17. The van der Waals surface area contributed by atoms with Crippen molar-refractivity contribution in [2.45, 2.75) is 84.0 Å². The van der Waals surface area contributed by atoms with Gasteiger partial charge in [0, 0.05) is 61.5 Å². The summed E-state index contributed by atoms with van der Waals surface area (Å²) in [5.41, 5.74) is 39.9. The highest BCUT2D eigenvalue weighted by atomic mass is 15.2. The first kappa shape index (κ1) is 72.9. The Morgan fingerprint density at radius 2 is 0.613 bits per heavy atom. The Bertz CT molecular complexity index is 6800. The molecule has 17 aromatic carbocycles. The highest BCUT2D eigenvalue weighted by Gasteiger charge is 2.49. The highest BCUT2D eigenvalue weighted by molar-refractivity contribution is 7.00.